The molecule has 114 valence electrons. The maximum absolute atomic E-state index is 12.5. The summed E-state index contributed by atoms with van der Waals surface area (Å²) in [6.07, 6.45) is 1.62. The highest BCUT2D eigenvalue weighted by Crippen LogP contribution is 2.26. The molecule has 0 atom stereocenters. The molecular weight excluding hydrogens is 354 g/mol. The van der Waals surface area contributed by atoms with E-state index >= 15 is 0 Å². The molecule has 0 saturated carbocycles. The minimum Gasteiger partial charge on any atom is -0.346 e. The van der Waals surface area contributed by atoms with Crippen LogP contribution in [0.1, 0.15) is 25.6 Å². The monoisotopic (exact) mass is 371 g/mol. The van der Waals surface area contributed by atoms with E-state index in [9.17, 15) is 8.42 Å². The first kappa shape index (κ1) is 16.1. The van der Waals surface area contributed by atoms with Crippen molar-refractivity contribution in [2.75, 3.05) is 4.72 Å². The van der Waals surface area contributed by atoms with Gasteiger partial charge in [-0.2, -0.15) is 0 Å². The van der Waals surface area contributed by atoms with Gasteiger partial charge in [-0.25, -0.2) is 8.42 Å². The Morgan fingerprint density at radius 2 is 2.00 bits per heavy atom. The minimum absolute atomic E-state index is 0.149. The van der Waals surface area contributed by atoms with Crippen molar-refractivity contribution in [1.29, 1.82) is 0 Å². The van der Waals surface area contributed by atoms with Crippen LogP contribution in [0.15, 0.2) is 45.9 Å². The zero-order chi connectivity index (χ0) is 15.6. The van der Waals surface area contributed by atoms with Crippen molar-refractivity contribution < 1.29 is 8.42 Å². The predicted molar refractivity (Wildman–Crippen MR) is 87.7 cm³/mol. The number of nitrogens with two attached hydrogens (primary N) is 1. The summed E-state index contributed by atoms with van der Waals surface area (Å²) in [5.41, 5.74) is 6.97. The molecule has 21 heavy (non-hydrogen) atoms. The van der Waals surface area contributed by atoms with Crippen molar-refractivity contribution in [2.45, 2.75) is 31.3 Å². The molecule has 5 nitrogen and oxygen atoms in total. The van der Waals surface area contributed by atoms with Crippen LogP contribution < -0.4 is 10.5 Å². The van der Waals surface area contributed by atoms with Crippen LogP contribution in [0.2, 0.25) is 0 Å². The van der Waals surface area contributed by atoms with E-state index in [4.69, 9.17) is 5.73 Å². The Morgan fingerprint density at radius 3 is 2.52 bits per heavy atom. The SMILES string of the molecule is CC(C)n1cc(S(=O)(=O)Nc2ccccc2Br)cc1CN. The number of nitrogens with one attached hydrogen (secondary N) is 1. The number of aromatic nitrogens is 1. The van der Waals surface area contributed by atoms with Gasteiger partial charge < -0.3 is 10.3 Å². The highest BCUT2D eigenvalue weighted by molar-refractivity contribution is 9.10. The Morgan fingerprint density at radius 1 is 1.33 bits per heavy atom. The third-order valence-electron chi connectivity index (χ3n) is 3.10. The molecule has 0 spiro atoms. The number of rotatable bonds is 5. The lowest BCUT2D eigenvalue weighted by Gasteiger charge is -2.11. The van der Waals surface area contributed by atoms with Gasteiger partial charge in [0.1, 0.15) is 4.90 Å². The van der Waals surface area contributed by atoms with Gasteiger partial charge in [0, 0.05) is 29.0 Å². The molecular formula is C14H18BrN3O2S. The van der Waals surface area contributed by atoms with Crippen molar-refractivity contribution in [3.8, 4) is 0 Å². The highest BCUT2D eigenvalue weighted by Gasteiger charge is 2.19. The second-order valence-electron chi connectivity index (χ2n) is 4.96. The number of benzene rings is 1. The number of para-hydroxylation sites is 1. The van der Waals surface area contributed by atoms with Crippen LogP contribution in [0, 0.1) is 0 Å². The molecule has 1 heterocycles. The van der Waals surface area contributed by atoms with Crippen molar-refractivity contribution in [2.24, 2.45) is 5.73 Å². The van der Waals surface area contributed by atoms with E-state index in [1.54, 1.807) is 30.5 Å². The molecule has 1 aromatic carbocycles. The maximum Gasteiger partial charge on any atom is 0.263 e. The molecule has 0 amide bonds. The highest BCUT2D eigenvalue weighted by atomic mass is 79.9. The summed E-state index contributed by atoms with van der Waals surface area (Å²) in [5, 5.41) is 0. The van der Waals surface area contributed by atoms with Crippen LogP contribution in [-0.4, -0.2) is 13.0 Å². The fourth-order valence-electron chi connectivity index (χ4n) is 2.04. The van der Waals surface area contributed by atoms with Crippen LogP contribution in [0.4, 0.5) is 5.69 Å². The third-order valence-corrected chi connectivity index (χ3v) is 5.12. The van der Waals surface area contributed by atoms with E-state index < -0.39 is 10.0 Å². The summed E-state index contributed by atoms with van der Waals surface area (Å²) in [7, 11) is -3.64. The zero-order valence-corrected chi connectivity index (χ0v) is 14.3. The van der Waals surface area contributed by atoms with Gasteiger partial charge in [-0.05, 0) is 48.0 Å². The minimum atomic E-state index is -3.64. The molecule has 0 aliphatic rings. The second-order valence-corrected chi connectivity index (χ2v) is 7.49. The van der Waals surface area contributed by atoms with Crippen LogP contribution in [0.5, 0.6) is 0 Å². The molecule has 7 heteroatoms. The van der Waals surface area contributed by atoms with Gasteiger partial charge in [0.2, 0.25) is 0 Å². The molecule has 2 rings (SSSR count). The molecule has 2 aromatic rings. The Kier molecular flexibility index (Phi) is 4.75. The fourth-order valence-corrected chi connectivity index (χ4v) is 3.68. The average Bonchev–Trinajstić information content (AvgIpc) is 2.86. The number of hydrogen-bond donors (Lipinski definition) is 2. The second kappa shape index (κ2) is 6.21. The van der Waals surface area contributed by atoms with E-state index in [-0.39, 0.29) is 10.9 Å². The molecule has 1 aromatic heterocycles. The van der Waals surface area contributed by atoms with Gasteiger partial charge in [-0.3, -0.25) is 4.72 Å². The topological polar surface area (TPSA) is 77.1 Å². The molecule has 3 N–H and O–H groups in total. The van der Waals surface area contributed by atoms with Gasteiger partial charge in [-0.15, -0.1) is 0 Å². The Hall–Kier alpha value is -1.31. The van der Waals surface area contributed by atoms with Crippen molar-refractivity contribution >= 4 is 31.6 Å². The largest absolute Gasteiger partial charge is 0.346 e. The van der Waals surface area contributed by atoms with Crippen LogP contribution >= 0.6 is 15.9 Å². The summed E-state index contributed by atoms with van der Waals surface area (Å²) in [6.45, 7) is 4.26. The van der Waals surface area contributed by atoms with E-state index in [1.807, 2.05) is 24.5 Å². The smallest absolute Gasteiger partial charge is 0.263 e. The first-order valence-electron chi connectivity index (χ1n) is 6.53. The molecule has 0 saturated heterocycles. The number of nitrogens with zero attached hydrogens (tertiary/aromatic N) is 1. The third kappa shape index (κ3) is 3.48. The molecule has 0 aliphatic heterocycles. The predicted octanol–water partition coefficient (Wildman–Crippen LogP) is 3.09. The summed E-state index contributed by atoms with van der Waals surface area (Å²) in [6, 6.07) is 8.83. The van der Waals surface area contributed by atoms with Gasteiger partial charge in [0.05, 0.1) is 5.69 Å². The average molecular weight is 372 g/mol. The summed E-state index contributed by atoms with van der Waals surface area (Å²) < 4.78 is 30.1. The number of hydrogen-bond acceptors (Lipinski definition) is 3. The van der Waals surface area contributed by atoms with Crippen molar-refractivity contribution in [3.63, 3.8) is 0 Å². The first-order valence-corrected chi connectivity index (χ1v) is 8.81. The van der Waals surface area contributed by atoms with E-state index in [1.165, 1.54) is 0 Å². The van der Waals surface area contributed by atoms with Gasteiger partial charge >= 0.3 is 0 Å². The zero-order valence-electron chi connectivity index (χ0n) is 11.9. The Balaban J connectivity index is 2.38. The van der Waals surface area contributed by atoms with Crippen LogP contribution in [0.25, 0.3) is 0 Å². The quantitative estimate of drug-likeness (QED) is 0.847. The summed E-state index contributed by atoms with van der Waals surface area (Å²) >= 11 is 3.33. The van der Waals surface area contributed by atoms with Crippen molar-refractivity contribution in [1.82, 2.24) is 4.57 Å². The first-order chi connectivity index (χ1) is 9.85. The van der Waals surface area contributed by atoms with Crippen LogP contribution in [0.3, 0.4) is 0 Å². The summed E-state index contributed by atoms with van der Waals surface area (Å²) in [5.74, 6) is 0. The lowest BCUT2D eigenvalue weighted by molar-refractivity contribution is 0.573. The van der Waals surface area contributed by atoms with E-state index in [0.29, 0.717) is 16.7 Å². The standard InChI is InChI=1S/C14H18BrN3O2S/c1-10(2)18-9-12(7-11(18)8-16)21(19,20)17-14-6-4-3-5-13(14)15/h3-7,9-10,17H,8,16H2,1-2H3. The molecule has 0 unspecified atom stereocenters. The summed E-state index contributed by atoms with van der Waals surface area (Å²) in [4.78, 5) is 0.215. The molecule has 0 bridgehead atoms. The number of anilines is 1. The Labute approximate surface area is 133 Å². The molecule has 0 fully saturated rings. The lowest BCUT2D eigenvalue weighted by atomic mass is 10.3. The fraction of sp³-hybridized carbons (Fsp3) is 0.286. The normalized spacial score (nSPS) is 11.9. The van der Waals surface area contributed by atoms with E-state index in [0.717, 1.165) is 5.69 Å². The van der Waals surface area contributed by atoms with Crippen LogP contribution in [-0.2, 0) is 16.6 Å². The number of halogens is 1. The van der Waals surface area contributed by atoms with Gasteiger partial charge in [-0.1, -0.05) is 12.1 Å². The maximum atomic E-state index is 12.5. The molecule has 0 radical (unpaired) electrons. The van der Waals surface area contributed by atoms with E-state index in [2.05, 4.69) is 20.7 Å². The lowest BCUT2D eigenvalue weighted by Crippen LogP contribution is -2.12. The van der Waals surface area contributed by atoms with Gasteiger partial charge in [0.25, 0.3) is 10.0 Å². The number of sulfonamides is 1. The Bertz CT molecular complexity index is 738. The molecule has 0 aliphatic carbocycles. The van der Waals surface area contributed by atoms with Crippen molar-refractivity contribution in [3.05, 3.63) is 46.7 Å². The van der Waals surface area contributed by atoms with Gasteiger partial charge in [0.15, 0.2) is 0 Å².